The van der Waals surface area contributed by atoms with E-state index in [-0.39, 0.29) is 0 Å². The molecule has 0 radical (unpaired) electrons. The van der Waals surface area contributed by atoms with Gasteiger partial charge in [0.1, 0.15) is 18.2 Å². The minimum Gasteiger partial charge on any atom is -0.368 e. The molecule has 0 unspecified atom stereocenters. The van der Waals surface area contributed by atoms with Gasteiger partial charge in [-0.3, -0.25) is 5.10 Å². The summed E-state index contributed by atoms with van der Waals surface area (Å²) in [6, 6.07) is 1.99. The average Bonchev–Trinajstić information content (AvgIpc) is 2.88. The molecule has 7 nitrogen and oxygen atoms in total. The highest BCUT2D eigenvalue weighted by atomic mass is 15.2. The first-order valence-corrected chi connectivity index (χ1v) is 5.19. The molecule has 17 heavy (non-hydrogen) atoms. The molecular weight excluding hydrogens is 218 g/mol. The van der Waals surface area contributed by atoms with Gasteiger partial charge in [-0.1, -0.05) is 0 Å². The molecule has 0 atom stereocenters. The summed E-state index contributed by atoms with van der Waals surface area (Å²) in [7, 11) is 0. The molecule has 0 fully saturated rings. The second-order valence-corrected chi connectivity index (χ2v) is 3.33. The maximum atomic E-state index is 8.81. The number of H-pyrrole nitrogens is 1. The molecule has 0 bridgehead atoms. The predicted molar refractivity (Wildman–Crippen MR) is 59.9 cm³/mol. The van der Waals surface area contributed by atoms with Crippen LogP contribution in [0.2, 0.25) is 0 Å². The van der Waals surface area contributed by atoms with Crippen LogP contribution in [0.4, 0.5) is 5.82 Å². The largest absolute Gasteiger partial charge is 0.368 e. The number of nitriles is 1. The Morgan fingerprint density at radius 1 is 1.29 bits per heavy atom. The minimum absolute atomic E-state index is 0.312. The third-order valence-corrected chi connectivity index (χ3v) is 2.15. The van der Waals surface area contributed by atoms with Gasteiger partial charge in [0, 0.05) is 25.4 Å². The molecule has 2 N–H and O–H groups in total. The molecule has 2 aromatic heterocycles. The number of rotatable bonds is 5. The van der Waals surface area contributed by atoms with Crippen LogP contribution in [0, 0.1) is 11.3 Å². The molecule has 0 saturated heterocycles. The standard InChI is InChI=1S/C10H11N7/c11-6-8-10(14-5-4-12-8)13-3-1-2-9-15-7-16-17-9/h4-5,7H,1-3H2,(H,13,14)(H,15,16,17). The fourth-order valence-corrected chi connectivity index (χ4v) is 1.36. The van der Waals surface area contributed by atoms with E-state index in [0.29, 0.717) is 18.1 Å². The smallest absolute Gasteiger partial charge is 0.182 e. The molecule has 0 saturated carbocycles. The summed E-state index contributed by atoms with van der Waals surface area (Å²) < 4.78 is 0. The van der Waals surface area contributed by atoms with E-state index in [1.165, 1.54) is 12.5 Å². The topological polar surface area (TPSA) is 103 Å². The Bertz CT molecular complexity index is 500. The van der Waals surface area contributed by atoms with Crippen LogP contribution in [0.1, 0.15) is 17.9 Å². The van der Waals surface area contributed by atoms with Crippen LogP contribution in [-0.4, -0.2) is 31.7 Å². The van der Waals surface area contributed by atoms with E-state index in [9.17, 15) is 0 Å². The van der Waals surface area contributed by atoms with Gasteiger partial charge in [0.2, 0.25) is 0 Å². The second kappa shape index (κ2) is 5.55. The van der Waals surface area contributed by atoms with Gasteiger partial charge in [-0.2, -0.15) is 10.4 Å². The van der Waals surface area contributed by atoms with E-state index in [1.807, 2.05) is 6.07 Å². The monoisotopic (exact) mass is 229 g/mol. The van der Waals surface area contributed by atoms with E-state index < -0.39 is 0 Å². The molecule has 0 amide bonds. The van der Waals surface area contributed by atoms with E-state index in [4.69, 9.17) is 5.26 Å². The number of hydrogen-bond donors (Lipinski definition) is 2. The Balaban J connectivity index is 1.80. The fraction of sp³-hybridized carbons (Fsp3) is 0.300. The number of aromatic amines is 1. The Labute approximate surface area is 97.9 Å². The summed E-state index contributed by atoms with van der Waals surface area (Å²) >= 11 is 0. The first kappa shape index (κ1) is 11.0. The normalized spacial score (nSPS) is 9.82. The van der Waals surface area contributed by atoms with Gasteiger partial charge in [-0.15, -0.1) is 0 Å². The zero-order valence-electron chi connectivity index (χ0n) is 9.09. The molecule has 0 aliphatic heterocycles. The molecule has 0 aliphatic rings. The van der Waals surface area contributed by atoms with Gasteiger partial charge in [0.15, 0.2) is 11.5 Å². The molecule has 86 valence electrons. The van der Waals surface area contributed by atoms with Crippen LogP contribution in [0.5, 0.6) is 0 Å². The summed E-state index contributed by atoms with van der Waals surface area (Å²) in [6.07, 6.45) is 6.21. The van der Waals surface area contributed by atoms with Crippen LogP contribution in [0.3, 0.4) is 0 Å². The van der Waals surface area contributed by atoms with Crippen molar-refractivity contribution in [2.24, 2.45) is 0 Å². The molecule has 2 aromatic rings. The maximum absolute atomic E-state index is 8.81. The maximum Gasteiger partial charge on any atom is 0.182 e. The average molecular weight is 229 g/mol. The molecule has 0 spiro atoms. The lowest BCUT2D eigenvalue weighted by Crippen LogP contribution is -2.07. The lowest BCUT2D eigenvalue weighted by atomic mass is 10.3. The van der Waals surface area contributed by atoms with Crippen LogP contribution in [-0.2, 0) is 6.42 Å². The third-order valence-electron chi connectivity index (χ3n) is 2.15. The first-order chi connectivity index (χ1) is 8.40. The molecular formula is C10H11N7. The van der Waals surface area contributed by atoms with Crippen molar-refractivity contribution in [3.8, 4) is 6.07 Å². The number of aromatic nitrogens is 5. The predicted octanol–water partition coefficient (Wildman–Crippen LogP) is 0.511. The van der Waals surface area contributed by atoms with Gasteiger partial charge < -0.3 is 5.32 Å². The van der Waals surface area contributed by atoms with Crippen LogP contribution >= 0.6 is 0 Å². The molecule has 2 heterocycles. The summed E-state index contributed by atoms with van der Waals surface area (Å²) in [5.41, 5.74) is 0.312. The lowest BCUT2D eigenvalue weighted by molar-refractivity contribution is 0.802. The number of aryl methyl sites for hydroxylation is 1. The number of nitrogens with one attached hydrogen (secondary N) is 2. The Kier molecular flexibility index (Phi) is 3.60. The lowest BCUT2D eigenvalue weighted by Gasteiger charge is -2.04. The Hall–Kier alpha value is -2.49. The van der Waals surface area contributed by atoms with E-state index >= 15 is 0 Å². The molecule has 0 aromatic carbocycles. The van der Waals surface area contributed by atoms with Gasteiger partial charge in [-0.25, -0.2) is 15.0 Å². The summed E-state index contributed by atoms with van der Waals surface area (Å²) in [5.74, 6) is 1.37. The van der Waals surface area contributed by atoms with Crippen molar-refractivity contribution in [1.29, 1.82) is 5.26 Å². The van der Waals surface area contributed by atoms with Gasteiger partial charge in [0.25, 0.3) is 0 Å². The zero-order chi connectivity index (χ0) is 11.9. The van der Waals surface area contributed by atoms with E-state index in [0.717, 1.165) is 18.7 Å². The first-order valence-electron chi connectivity index (χ1n) is 5.19. The molecule has 0 aliphatic carbocycles. The highest BCUT2D eigenvalue weighted by molar-refractivity contribution is 5.46. The summed E-state index contributed by atoms with van der Waals surface area (Å²) in [5, 5.41) is 18.4. The van der Waals surface area contributed by atoms with Crippen molar-refractivity contribution in [3.05, 3.63) is 30.2 Å². The highest BCUT2D eigenvalue weighted by Gasteiger charge is 2.02. The van der Waals surface area contributed by atoms with Crippen molar-refractivity contribution in [2.45, 2.75) is 12.8 Å². The summed E-state index contributed by atoms with van der Waals surface area (Å²) in [6.45, 7) is 0.702. The molecule has 2 rings (SSSR count). The number of hydrogen-bond acceptors (Lipinski definition) is 6. The van der Waals surface area contributed by atoms with Gasteiger partial charge >= 0.3 is 0 Å². The minimum atomic E-state index is 0.312. The van der Waals surface area contributed by atoms with Crippen LogP contribution < -0.4 is 5.32 Å². The van der Waals surface area contributed by atoms with Crippen molar-refractivity contribution in [3.63, 3.8) is 0 Å². The Morgan fingerprint density at radius 3 is 2.94 bits per heavy atom. The van der Waals surface area contributed by atoms with Crippen LogP contribution in [0.25, 0.3) is 0 Å². The molecule has 7 heteroatoms. The van der Waals surface area contributed by atoms with Crippen molar-refractivity contribution in [2.75, 3.05) is 11.9 Å². The third kappa shape index (κ3) is 2.98. The zero-order valence-corrected chi connectivity index (χ0v) is 9.09. The van der Waals surface area contributed by atoms with Crippen LogP contribution in [0.15, 0.2) is 18.7 Å². The quantitative estimate of drug-likeness (QED) is 0.724. The summed E-state index contributed by atoms with van der Waals surface area (Å²) in [4.78, 5) is 12.0. The highest BCUT2D eigenvalue weighted by Crippen LogP contribution is 2.06. The second-order valence-electron chi connectivity index (χ2n) is 3.33. The van der Waals surface area contributed by atoms with Crippen molar-refractivity contribution in [1.82, 2.24) is 25.1 Å². The number of anilines is 1. The fourth-order valence-electron chi connectivity index (χ4n) is 1.36. The Morgan fingerprint density at radius 2 is 2.18 bits per heavy atom. The SMILES string of the molecule is N#Cc1nccnc1NCCCc1ncn[nH]1. The van der Waals surface area contributed by atoms with Gasteiger partial charge in [-0.05, 0) is 6.42 Å². The number of nitrogens with zero attached hydrogens (tertiary/aromatic N) is 5. The van der Waals surface area contributed by atoms with E-state index in [1.54, 1.807) is 6.20 Å². The van der Waals surface area contributed by atoms with Gasteiger partial charge in [0.05, 0.1) is 0 Å². The van der Waals surface area contributed by atoms with Crippen molar-refractivity contribution >= 4 is 5.82 Å². The van der Waals surface area contributed by atoms with E-state index in [2.05, 4.69) is 30.5 Å². The van der Waals surface area contributed by atoms with Crippen molar-refractivity contribution < 1.29 is 0 Å².